The zero-order chi connectivity index (χ0) is 14.6. The number of aryl methyl sites for hydroxylation is 1. The van der Waals surface area contributed by atoms with Crippen molar-refractivity contribution in [2.75, 3.05) is 12.0 Å². The van der Waals surface area contributed by atoms with Crippen LogP contribution in [0.15, 0.2) is 9.00 Å². The Morgan fingerprint density at radius 3 is 2.63 bits per heavy atom. The third kappa shape index (κ3) is 4.34. The van der Waals surface area contributed by atoms with Crippen LogP contribution >= 0.6 is 23.1 Å². The Kier molecular flexibility index (Phi) is 5.59. The molecule has 0 spiro atoms. The molecule has 1 atom stereocenters. The molecular formula is C9H14N2O5S3. The first-order chi connectivity index (χ1) is 8.77. The van der Waals surface area contributed by atoms with Gasteiger partial charge in [-0.2, -0.15) is 16.5 Å². The zero-order valence-corrected chi connectivity index (χ0v) is 12.7. The quantitative estimate of drug-likeness (QED) is 0.660. The molecule has 3 N–H and O–H groups in total. The molecule has 108 valence electrons. The molecule has 0 aliphatic carbocycles. The lowest BCUT2D eigenvalue weighted by Gasteiger charge is -2.13. The van der Waals surface area contributed by atoms with Crippen LogP contribution in [0.5, 0.6) is 0 Å². The van der Waals surface area contributed by atoms with E-state index in [0.29, 0.717) is 17.1 Å². The van der Waals surface area contributed by atoms with E-state index in [4.69, 9.17) is 5.11 Å². The Hall–Kier alpha value is -0.840. The number of carbonyl (C=O) groups is 1. The summed E-state index contributed by atoms with van der Waals surface area (Å²) in [6.07, 6.45) is 1.98. The number of carboxylic acids is 1. The van der Waals surface area contributed by atoms with Crippen LogP contribution in [0.25, 0.3) is 0 Å². The fraction of sp³-hybridized carbons (Fsp3) is 0.556. The van der Waals surface area contributed by atoms with Gasteiger partial charge in [0.25, 0.3) is 10.0 Å². The van der Waals surface area contributed by atoms with Crippen LogP contribution in [0.1, 0.15) is 12.1 Å². The van der Waals surface area contributed by atoms with Gasteiger partial charge in [-0.15, -0.1) is 0 Å². The molecule has 1 rings (SSSR count). The lowest BCUT2D eigenvalue weighted by molar-refractivity contribution is -0.139. The van der Waals surface area contributed by atoms with Gasteiger partial charge in [0.15, 0.2) is 4.21 Å². The molecular weight excluding hydrogens is 312 g/mol. The standard InChI is InChI=1S/C9H14N2O5S3/c1-5-8(18-9(14)10-5)19(15,16)11-6(7(12)13)3-4-17-2/h6,11H,3-4H2,1-2H3,(H,10,14)(H,12,13)/t6-/m0/s1. The smallest absolute Gasteiger partial charge is 0.321 e. The first-order valence-electron chi connectivity index (χ1n) is 5.21. The van der Waals surface area contributed by atoms with Crippen LogP contribution in [0.4, 0.5) is 0 Å². The maximum absolute atomic E-state index is 12.0. The van der Waals surface area contributed by atoms with Gasteiger partial charge in [-0.3, -0.25) is 9.59 Å². The fourth-order valence-corrected chi connectivity index (χ4v) is 4.37. The highest BCUT2D eigenvalue weighted by molar-refractivity contribution is 7.98. The molecule has 1 heterocycles. The summed E-state index contributed by atoms with van der Waals surface area (Å²) in [5, 5.41) is 8.98. The average Bonchev–Trinajstić information content (AvgIpc) is 2.64. The summed E-state index contributed by atoms with van der Waals surface area (Å²) in [7, 11) is -4.00. The molecule has 1 aromatic heterocycles. The minimum Gasteiger partial charge on any atom is -0.480 e. The van der Waals surface area contributed by atoms with Crippen LogP contribution in [0.3, 0.4) is 0 Å². The number of sulfonamides is 1. The molecule has 0 unspecified atom stereocenters. The number of aliphatic carboxylic acids is 1. The SMILES string of the molecule is CSCC[C@H](NS(=O)(=O)c1sc(=O)[nH]c1C)C(=O)O. The second-order valence-corrected chi connectivity index (χ2v) is 7.60. The van der Waals surface area contributed by atoms with E-state index in [2.05, 4.69) is 9.71 Å². The number of nitrogens with one attached hydrogen (secondary N) is 2. The summed E-state index contributed by atoms with van der Waals surface area (Å²) in [5.41, 5.74) is 0.205. The molecule has 0 aliphatic rings. The molecule has 0 bridgehead atoms. The summed E-state index contributed by atoms with van der Waals surface area (Å²) < 4.78 is 26.0. The number of carboxylic acid groups (broad SMARTS) is 1. The van der Waals surface area contributed by atoms with E-state index in [0.717, 1.165) is 0 Å². The predicted molar refractivity (Wildman–Crippen MR) is 74.4 cm³/mol. The third-order valence-corrected chi connectivity index (χ3v) is 5.95. The van der Waals surface area contributed by atoms with Crippen LogP contribution in [0, 0.1) is 6.92 Å². The lowest BCUT2D eigenvalue weighted by Crippen LogP contribution is -2.41. The Bertz CT molecular complexity index is 604. The van der Waals surface area contributed by atoms with Crippen molar-refractivity contribution in [3.63, 3.8) is 0 Å². The van der Waals surface area contributed by atoms with Gasteiger partial charge < -0.3 is 10.1 Å². The molecule has 0 fully saturated rings. The zero-order valence-electron chi connectivity index (χ0n) is 10.3. The Balaban J connectivity index is 2.97. The number of hydrogen-bond donors (Lipinski definition) is 3. The van der Waals surface area contributed by atoms with Gasteiger partial charge in [0.1, 0.15) is 6.04 Å². The van der Waals surface area contributed by atoms with Gasteiger partial charge in [0, 0.05) is 5.69 Å². The summed E-state index contributed by atoms with van der Waals surface area (Å²) in [4.78, 5) is 24.0. The van der Waals surface area contributed by atoms with E-state index in [1.165, 1.54) is 18.7 Å². The largest absolute Gasteiger partial charge is 0.480 e. The highest BCUT2D eigenvalue weighted by atomic mass is 32.2. The molecule has 0 radical (unpaired) electrons. The molecule has 1 aromatic rings. The van der Waals surface area contributed by atoms with Crippen molar-refractivity contribution < 1.29 is 18.3 Å². The van der Waals surface area contributed by atoms with Crippen LogP contribution < -0.4 is 9.60 Å². The van der Waals surface area contributed by atoms with E-state index in [9.17, 15) is 18.0 Å². The summed E-state index contributed by atoms with van der Waals surface area (Å²) >= 11 is 1.96. The molecule has 0 amide bonds. The first kappa shape index (κ1) is 16.2. The van der Waals surface area contributed by atoms with Crippen LogP contribution in [-0.2, 0) is 14.8 Å². The highest BCUT2D eigenvalue weighted by Crippen LogP contribution is 2.16. The molecule has 10 heteroatoms. The molecule has 7 nitrogen and oxygen atoms in total. The molecule has 0 saturated heterocycles. The number of thioether (sulfide) groups is 1. The van der Waals surface area contributed by atoms with Crippen molar-refractivity contribution in [1.29, 1.82) is 0 Å². The van der Waals surface area contributed by atoms with Gasteiger partial charge in [0.05, 0.1) is 0 Å². The van der Waals surface area contributed by atoms with Crippen molar-refractivity contribution in [2.24, 2.45) is 0 Å². The monoisotopic (exact) mass is 326 g/mol. The van der Waals surface area contributed by atoms with Crippen LogP contribution in [0.2, 0.25) is 0 Å². The predicted octanol–water partition coefficient (Wildman–Crippen LogP) is 0.229. The lowest BCUT2D eigenvalue weighted by atomic mass is 10.2. The highest BCUT2D eigenvalue weighted by Gasteiger charge is 2.27. The number of rotatable bonds is 7. The second kappa shape index (κ2) is 6.55. The minimum atomic E-state index is -4.00. The molecule has 19 heavy (non-hydrogen) atoms. The van der Waals surface area contributed by atoms with E-state index >= 15 is 0 Å². The van der Waals surface area contributed by atoms with E-state index in [1.807, 2.05) is 0 Å². The Morgan fingerprint density at radius 1 is 1.58 bits per heavy atom. The third-order valence-electron chi connectivity index (χ3n) is 2.23. The maximum atomic E-state index is 12.0. The van der Waals surface area contributed by atoms with E-state index < -0.39 is 26.9 Å². The van der Waals surface area contributed by atoms with Crippen molar-refractivity contribution in [1.82, 2.24) is 9.71 Å². The summed E-state index contributed by atoms with van der Waals surface area (Å²) in [5.74, 6) is -0.722. The summed E-state index contributed by atoms with van der Waals surface area (Å²) in [6, 6.07) is -1.20. The maximum Gasteiger partial charge on any atom is 0.321 e. The van der Waals surface area contributed by atoms with Gasteiger partial charge in [-0.05, 0) is 25.4 Å². The van der Waals surface area contributed by atoms with Gasteiger partial charge in [-0.25, -0.2) is 8.42 Å². The number of aromatic amines is 1. The van der Waals surface area contributed by atoms with Crippen molar-refractivity contribution >= 4 is 39.1 Å². The molecule has 0 saturated carbocycles. The number of thiazole rings is 1. The minimum absolute atomic E-state index is 0.173. The number of aromatic nitrogens is 1. The normalized spacial score (nSPS) is 13.4. The van der Waals surface area contributed by atoms with Gasteiger partial charge >= 0.3 is 10.8 Å². The molecule has 0 aromatic carbocycles. The van der Waals surface area contributed by atoms with Gasteiger partial charge in [-0.1, -0.05) is 11.3 Å². The van der Waals surface area contributed by atoms with E-state index in [-0.39, 0.29) is 16.3 Å². The number of H-pyrrole nitrogens is 1. The van der Waals surface area contributed by atoms with Gasteiger partial charge in [0.2, 0.25) is 0 Å². The number of hydrogen-bond acceptors (Lipinski definition) is 6. The van der Waals surface area contributed by atoms with Crippen LogP contribution in [-0.4, -0.2) is 42.5 Å². The summed E-state index contributed by atoms with van der Waals surface area (Å²) in [6.45, 7) is 1.45. The Morgan fingerprint density at radius 2 is 2.21 bits per heavy atom. The van der Waals surface area contributed by atoms with Crippen molar-refractivity contribution in [3.8, 4) is 0 Å². The molecule has 0 aliphatic heterocycles. The second-order valence-electron chi connectivity index (χ2n) is 3.72. The first-order valence-corrected chi connectivity index (χ1v) is 8.91. The van der Waals surface area contributed by atoms with Crippen molar-refractivity contribution in [2.45, 2.75) is 23.6 Å². The Labute approximate surface area is 118 Å². The topological polar surface area (TPSA) is 116 Å². The fourth-order valence-electron chi connectivity index (χ4n) is 1.36. The average molecular weight is 326 g/mol. The van der Waals surface area contributed by atoms with E-state index in [1.54, 1.807) is 6.26 Å². The van der Waals surface area contributed by atoms with Crippen molar-refractivity contribution in [3.05, 3.63) is 15.4 Å².